The van der Waals surface area contributed by atoms with Crippen molar-refractivity contribution < 1.29 is 10.1 Å². The summed E-state index contributed by atoms with van der Waals surface area (Å²) in [5.41, 5.74) is 6.07. The Labute approximate surface area is 189 Å². The average Bonchev–Trinajstić information content (AvgIpc) is 2.87. The van der Waals surface area contributed by atoms with Crippen LogP contribution in [0.2, 0.25) is 0 Å². The second-order valence-corrected chi connectivity index (χ2v) is 7.30. The van der Waals surface area contributed by atoms with Gasteiger partial charge in [0.25, 0.3) is 0 Å². The molecular weight excluding hydrogens is 392 g/mol. The molecule has 1 N–H and O–H groups in total. The van der Waals surface area contributed by atoms with Gasteiger partial charge in [0, 0.05) is 5.56 Å². The summed E-state index contributed by atoms with van der Waals surface area (Å²) in [7, 11) is 0. The minimum atomic E-state index is 0.404. The molecule has 32 heavy (non-hydrogen) atoms. The Kier molecular flexibility index (Phi) is 7.10. The van der Waals surface area contributed by atoms with Crippen molar-refractivity contribution in [2.75, 3.05) is 0 Å². The highest BCUT2D eigenvalue weighted by molar-refractivity contribution is 5.87. The van der Waals surface area contributed by atoms with Gasteiger partial charge < -0.3 is 4.89 Å². The predicted octanol–water partition coefficient (Wildman–Crippen LogP) is 8.05. The lowest BCUT2D eigenvalue weighted by Crippen LogP contribution is -1.94. The molecular formula is C30H24O2. The maximum absolute atomic E-state index is 9.55. The minimum Gasteiger partial charge on any atom is -0.340 e. The van der Waals surface area contributed by atoms with E-state index in [1.807, 2.05) is 84.9 Å². The van der Waals surface area contributed by atoms with Crippen molar-refractivity contribution in [1.82, 2.24) is 0 Å². The van der Waals surface area contributed by atoms with E-state index in [0.717, 1.165) is 33.4 Å². The summed E-state index contributed by atoms with van der Waals surface area (Å²) in [6, 6.07) is 34.1. The molecule has 0 radical (unpaired) electrons. The first-order chi connectivity index (χ1) is 15.8. The van der Waals surface area contributed by atoms with E-state index in [-0.39, 0.29) is 0 Å². The van der Waals surface area contributed by atoms with Crippen LogP contribution in [0.15, 0.2) is 103 Å². The third-order valence-electron chi connectivity index (χ3n) is 5.12. The first-order valence-electron chi connectivity index (χ1n) is 10.5. The topological polar surface area (TPSA) is 29.5 Å². The molecule has 0 atom stereocenters. The molecule has 0 heterocycles. The van der Waals surface area contributed by atoms with Gasteiger partial charge >= 0.3 is 0 Å². The Bertz CT molecular complexity index is 1220. The Morgan fingerprint density at radius 2 is 0.875 bits per heavy atom. The number of rotatable bonds is 7. The largest absolute Gasteiger partial charge is 0.340 e. The highest BCUT2D eigenvalue weighted by atomic mass is 17.1. The fraction of sp³-hybridized carbons (Fsp3) is 0. The summed E-state index contributed by atoms with van der Waals surface area (Å²) in [6.07, 6.45) is 12.3. The number of hydrogen-bond acceptors (Lipinski definition) is 2. The third-order valence-corrected chi connectivity index (χ3v) is 5.12. The van der Waals surface area contributed by atoms with Crippen LogP contribution in [0.3, 0.4) is 0 Å². The van der Waals surface area contributed by atoms with Crippen molar-refractivity contribution in [3.8, 4) is 5.75 Å². The Morgan fingerprint density at radius 3 is 1.34 bits per heavy atom. The molecule has 2 heteroatoms. The standard InChI is InChI=1S/C30H24O2/c31-32-30-23-20-27(19-16-24-10-4-1-5-11-24)28(21-17-25-12-6-2-7-13-25)29(30)22-18-26-14-8-3-9-15-26/h1-23,31H/b19-16+,21-17+,22-18+. The number of hydrogen-bond donors (Lipinski definition) is 1. The van der Waals surface area contributed by atoms with Gasteiger partial charge in [0.15, 0.2) is 5.75 Å². The lowest BCUT2D eigenvalue weighted by Gasteiger charge is -2.11. The van der Waals surface area contributed by atoms with Crippen molar-refractivity contribution >= 4 is 36.5 Å². The van der Waals surface area contributed by atoms with Crippen molar-refractivity contribution in [2.24, 2.45) is 0 Å². The second kappa shape index (κ2) is 10.8. The zero-order valence-corrected chi connectivity index (χ0v) is 17.6. The molecule has 0 fully saturated rings. The van der Waals surface area contributed by atoms with Gasteiger partial charge in [-0.1, -0.05) is 127 Å². The number of benzene rings is 4. The Balaban J connectivity index is 1.80. The molecule has 2 nitrogen and oxygen atoms in total. The van der Waals surface area contributed by atoms with Gasteiger partial charge in [-0.3, -0.25) is 0 Å². The van der Waals surface area contributed by atoms with E-state index in [4.69, 9.17) is 4.89 Å². The fourth-order valence-corrected chi connectivity index (χ4v) is 3.45. The van der Waals surface area contributed by atoms with E-state index >= 15 is 0 Å². The van der Waals surface area contributed by atoms with Crippen molar-refractivity contribution in [2.45, 2.75) is 0 Å². The van der Waals surface area contributed by atoms with E-state index in [1.54, 1.807) is 6.07 Å². The Hall–Kier alpha value is -4.14. The van der Waals surface area contributed by atoms with Crippen LogP contribution in [0.1, 0.15) is 33.4 Å². The molecule has 0 spiro atoms. The van der Waals surface area contributed by atoms with Gasteiger partial charge in [-0.2, -0.15) is 0 Å². The van der Waals surface area contributed by atoms with Crippen LogP contribution in [0.4, 0.5) is 0 Å². The van der Waals surface area contributed by atoms with Gasteiger partial charge in [0.05, 0.1) is 0 Å². The maximum atomic E-state index is 9.55. The first kappa shape index (κ1) is 21.1. The highest BCUT2D eigenvalue weighted by Crippen LogP contribution is 2.31. The van der Waals surface area contributed by atoms with Crippen LogP contribution in [-0.2, 0) is 0 Å². The van der Waals surface area contributed by atoms with Crippen LogP contribution in [0.5, 0.6) is 5.75 Å². The molecule has 0 aliphatic carbocycles. The van der Waals surface area contributed by atoms with E-state index in [0.29, 0.717) is 5.75 Å². The zero-order chi connectivity index (χ0) is 22.0. The summed E-state index contributed by atoms with van der Waals surface area (Å²) < 4.78 is 0. The molecule has 4 aromatic carbocycles. The van der Waals surface area contributed by atoms with Crippen LogP contribution < -0.4 is 4.89 Å². The van der Waals surface area contributed by atoms with E-state index in [9.17, 15) is 5.26 Å². The molecule has 0 aliphatic rings. The molecule has 4 rings (SSSR count). The van der Waals surface area contributed by atoms with Crippen molar-refractivity contribution in [3.05, 3.63) is 137 Å². The zero-order valence-electron chi connectivity index (χ0n) is 17.6. The summed E-state index contributed by atoms with van der Waals surface area (Å²) in [5, 5.41) is 9.55. The van der Waals surface area contributed by atoms with Crippen molar-refractivity contribution in [1.29, 1.82) is 0 Å². The fourth-order valence-electron chi connectivity index (χ4n) is 3.45. The molecule has 156 valence electrons. The smallest absolute Gasteiger partial charge is 0.172 e. The minimum absolute atomic E-state index is 0.404. The molecule has 0 aliphatic heterocycles. The molecule has 0 amide bonds. The van der Waals surface area contributed by atoms with Crippen LogP contribution in [0, 0.1) is 0 Å². The van der Waals surface area contributed by atoms with Crippen molar-refractivity contribution in [3.63, 3.8) is 0 Å². The third kappa shape index (κ3) is 5.51. The van der Waals surface area contributed by atoms with Crippen LogP contribution in [0.25, 0.3) is 36.5 Å². The first-order valence-corrected chi connectivity index (χ1v) is 10.5. The molecule has 0 bridgehead atoms. The summed E-state index contributed by atoms with van der Waals surface area (Å²) in [4.78, 5) is 4.74. The van der Waals surface area contributed by atoms with Crippen LogP contribution in [-0.4, -0.2) is 5.26 Å². The Morgan fingerprint density at radius 1 is 0.438 bits per heavy atom. The quantitative estimate of drug-likeness (QED) is 0.188. The lowest BCUT2D eigenvalue weighted by atomic mass is 9.96. The molecule has 0 aromatic heterocycles. The van der Waals surface area contributed by atoms with E-state index in [2.05, 4.69) is 48.6 Å². The van der Waals surface area contributed by atoms with Gasteiger partial charge in [-0.15, -0.1) is 0 Å². The van der Waals surface area contributed by atoms with E-state index in [1.165, 1.54) is 0 Å². The summed E-state index contributed by atoms with van der Waals surface area (Å²) in [5.74, 6) is 0.404. The van der Waals surface area contributed by atoms with Gasteiger partial charge in [-0.25, -0.2) is 5.26 Å². The van der Waals surface area contributed by atoms with Gasteiger partial charge in [-0.05, 0) is 40.0 Å². The molecule has 4 aromatic rings. The van der Waals surface area contributed by atoms with Gasteiger partial charge in [0.1, 0.15) is 0 Å². The van der Waals surface area contributed by atoms with E-state index < -0.39 is 0 Å². The molecule has 0 saturated heterocycles. The normalized spacial score (nSPS) is 11.5. The molecule has 0 saturated carbocycles. The van der Waals surface area contributed by atoms with Gasteiger partial charge in [0.2, 0.25) is 0 Å². The van der Waals surface area contributed by atoms with Crippen LogP contribution >= 0.6 is 0 Å². The summed E-state index contributed by atoms with van der Waals surface area (Å²) >= 11 is 0. The summed E-state index contributed by atoms with van der Waals surface area (Å²) in [6.45, 7) is 0. The average molecular weight is 417 g/mol. The highest BCUT2D eigenvalue weighted by Gasteiger charge is 2.10. The molecule has 0 unspecified atom stereocenters. The second-order valence-electron chi connectivity index (χ2n) is 7.30. The SMILES string of the molecule is OOc1ccc(/C=C/c2ccccc2)c(/C=C/c2ccccc2)c1/C=C/c1ccccc1. The monoisotopic (exact) mass is 416 g/mol. The maximum Gasteiger partial charge on any atom is 0.172 e. The predicted molar refractivity (Wildman–Crippen MR) is 136 cm³/mol. The lowest BCUT2D eigenvalue weighted by molar-refractivity contribution is -0.137.